The number of nitrogens with one attached hydrogen (secondary N) is 2. The van der Waals surface area contributed by atoms with Crippen molar-refractivity contribution in [3.63, 3.8) is 0 Å². The Morgan fingerprint density at radius 2 is 2.08 bits per heavy atom. The number of aliphatic imine (C=N–C) groups is 1. The molecule has 2 N–H and O–H groups in total. The summed E-state index contributed by atoms with van der Waals surface area (Å²) in [7, 11) is 1.83. The number of hydrogen-bond acceptors (Lipinski definition) is 3. The first-order valence-corrected chi connectivity index (χ1v) is 8.86. The molecule has 0 atom stereocenters. The van der Waals surface area contributed by atoms with Gasteiger partial charge in [0.05, 0.1) is 5.56 Å². The van der Waals surface area contributed by atoms with Gasteiger partial charge in [0.15, 0.2) is 5.96 Å². The fourth-order valence-electron chi connectivity index (χ4n) is 3.93. The summed E-state index contributed by atoms with van der Waals surface area (Å²) >= 11 is 0. The van der Waals surface area contributed by atoms with Gasteiger partial charge in [-0.05, 0) is 36.8 Å². The van der Waals surface area contributed by atoms with Gasteiger partial charge in [0.25, 0.3) is 5.91 Å². The summed E-state index contributed by atoms with van der Waals surface area (Å²) in [6, 6.07) is 3.53. The van der Waals surface area contributed by atoms with Gasteiger partial charge in [0.2, 0.25) is 0 Å². The van der Waals surface area contributed by atoms with Crippen LogP contribution in [-0.2, 0) is 0 Å². The highest BCUT2D eigenvalue weighted by molar-refractivity contribution is 5.93. The van der Waals surface area contributed by atoms with E-state index < -0.39 is 0 Å². The van der Waals surface area contributed by atoms with Gasteiger partial charge >= 0.3 is 0 Å². The highest BCUT2D eigenvalue weighted by atomic mass is 16.1. The first-order valence-electron chi connectivity index (χ1n) is 8.86. The normalized spacial score (nSPS) is 19.7. The summed E-state index contributed by atoms with van der Waals surface area (Å²) in [6.45, 7) is 3.43. The molecule has 1 aromatic heterocycles. The fraction of sp³-hybridized carbons (Fsp3) is 0.611. The molecule has 24 heavy (non-hydrogen) atoms. The van der Waals surface area contributed by atoms with Crippen LogP contribution in [-0.4, -0.2) is 55.0 Å². The van der Waals surface area contributed by atoms with E-state index in [1.54, 1.807) is 24.5 Å². The second kappa shape index (κ2) is 7.64. The van der Waals surface area contributed by atoms with Crippen LogP contribution >= 0.6 is 0 Å². The van der Waals surface area contributed by atoms with E-state index >= 15 is 0 Å². The highest BCUT2D eigenvalue weighted by Crippen LogP contribution is 2.45. The molecule has 1 aliphatic heterocycles. The minimum absolute atomic E-state index is 0.0917. The molecule has 1 saturated heterocycles. The van der Waals surface area contributed by atoms with Crippen LogP contribution < -0.4 is 10.6 Å². The monoisotopic (exact) mass is 329 g/mol. The molecule has 1 aromatic rings. The van der Waals surface area contributed by atoms with E-state index in [9.17, 15) is 4.79 Å². The SMILES string of the molecule is CN=C(NCCNC(=O)c1cccnc1)N1CCC2(CCCC2)C1. The zero-order valence-electron chi connectivity index (χ0n) is 14.4. The summed E-state index contributed by atoms with van der Waals surface area (Å²) in [5.74, 6) is 0.861. The standard InChI is InChI=1S/C18H27N5O/c1-19-17(23-12-8-18(14-23)6-2-3-7-18)22-11-10-21-16(24)15-5-4-9-20-13-15/h4-5,9,13H,2-3,6-8,10-12,14H2,1H3,(H,19,22)(H,21,24). The van der Waals surface area contributed by atoms with E-state index in [4.69, 9.17) is 0 Å². The molecule has 0 unspecified atom stereocenters. The van der Waals surface area contributed by atoms with Gasteiger partial charge in [0, 0.05) is 45.6 Å². The Labute approximate surface area is 143 Å². The van der Waals surface area contributed by atoms with Crippen LogP contribution in [0.4, 0.5) is 0 Å². The third kappa shape index (κ3) is 3.86. The molecule has 1 amide bonds. The molecule has 0 aromatic carbocycles. The lowest BCUT2D eigenvalue weighted by Crippen LogP contribution is -2.43. The molecule has 2 heterocycles. The maximum absolute atomic E-state index is 12.0. The number of likely N-dealkylation sites (tertiary alicyclic amines) is 1. The number of aromatic nitrogens is 1. The Kier molecular flexibility index (Phi) is 5.33. The predicted molar refractivity (Wildman–Crippen MR) is 95.0 cm³/mol. The number of hydrogen-bond donors (Lipinski definition) is 2. The van der Waals surface area contributed by atoms with Crippen LogP contribution in [0, 0.1) is 5.41 Å². The van der Waals surface area contributed by atoms with Crippen LogP contribution in [0.3, 0.4) is 0 Å². The van der Waals surface area contributed by atoms with E-state index in [1.165, 1.54) is 32.1 Å². The van der Waals surface area contributed by atoms with Crippen molar-refractivity contribution in [2.24, 2.45) is 10.4 Å². The van der Waals surface area contributed by atoms with E-state index in [-0.39, 0.29) is 5.91 Å². The largest absolute Gasteiger partial charge is 0.354 e. The number of carbonyl (C=O) groups is 1. The van der Waals surface area contributed by atoms with Crippen molar-refractivity contribution in [1.29, 1.82) is 0 Å². The second-order valence-corrected chi connectivity index (χ2v) is 6.85. The van der Waals surface area contributed by atoms with Crippen LogP contribution in [0.5, 0.6) is 0 Å². The Balaban J connectivity index is 1.41. The van der Waals surface area contributed by atoms with Crippen LogP contribution in [0.1, 0.15) is 42.5 Å². The first kappa shape index (κ1) is 16.7. The summed E-state index contributed by atoms with van der Waals surface area (Å²) in [6.07, 6.45) is 10.00. The zero-order valence-corrected chi connectivity index (χ0v) is 14.4. The van der Waals surface area contributed by atoms with Gasteiger partial charge in [-0.3, -0.25) is 14.8 Å². The number of carbonyl (C=O) groups excluding carboxylic acids is 1. The lowest BCUT2D eigenvalue weighted by molar-refractivity contribution is 0.0954. The fourth-order valence-corrected chi connectivity index (χ4v) is 3.93. The summed E-state index contributed by atoms with van der Waals surface area (Å²) in [5, 5.41) is 6.27. The molecule has 1 aliphatic carbocycles. The zero-order chi connectivity index (χ0) is 16.8. The Morgan fingerprint density at radius 1 is 1.29 bits per heavy atom. The maximum atomic E-state index is 12.0. The van der Waals surface area contributed by atoms with Crippen LogP contribution in [0.15, 0.2) is 29.5 Å². The topological polar surface area (TPSA) is 69.6 Å². The Morgan fingerprint density at radius 3 is 2.79 bits per heavy atom. The molecular formula is C18H27N5O. The average Bonchev–Trinajstić information content (AvgIpc) is 3.26. The van der Waals surface area contributed by atoms with Gasteiger partial charge in [-0.25, -0.2) is 0 Å². The van der Waals surface area contributed by atoms with Crippen molar-refractivity contribution in [3.05, 3.63) is 30.1 Å². The van der Waals surface area contributed by atoms with Crippen molar-refractivity contribution < 1.29 is 4.79 Å². The van der Waals surface area contributed by atoms with Crippen LogP contribution in [0.25, 0.3) is 0 Å². The Hall–Kier alpha value is -2.11. The van der Waals surface area contributed by atoms with Crippen molar-refractivity contribution in [1.82, 2.24) is 20.5 Å². The molecule has 6 heteroatoms. The average molecular weight is 329 g/mol. The molecule has 1 spiro atoms. The van der Waals surface area contributed by atoms with E-state index in [0.29, 0.717) is 24.1 Å². The molecule has 2 fully saturated rings. The van der Waals surface area contributed by atoms with Gasteiger partial charge in [-0.1, -0.05) is 12.8 Å². The molecule has 3 rings (SSSR count). The number of amides is 1. The summed E-state index contributed by atoms with van der Waals surface area (Å²) in [5.41, 5.74) is 1.12. The maximum Gasteiger partial charge on any atom is 0.252 e. The van der Waals surface area contributed by atoms with Crippen molar-refractivity contribution >= 4 is 11.9 Å². The highest BCUT2D eigenvalue weighted by Gasteiger charge is 2.40. The van der Waals surface area contributed by atoms with Gasteiger partial charge in [0.1, 0.15) is 0 Å². The third-order valence-corrected chi connectivity index (χ3v) is 5.23. The summed E-state index contributed by atoms with van der Waals surface area (Å²) < 4.78 is 0. The van der Waals surface area contributed by atoms with Crippen molar-refractivity contribution in [2.45, 2.75) is 32.1 Å². The lowest BCUT2D eigenvalue weighted by atomic mass is 9.86. The third-order valence-electron chi connectivity index (χ3n) is 5.23. The first-order chi connectivity index (χ1) is 11.7. The number of nitrogens with zero attached hydrogens (tertiary/aromatic N) is 3. The van der Waals surface area contributed by atoms with Gasteiger partial charge in [-0.2, -0.15) is 0 Å². The summed E-state index contributed by atoms with van der Waals surface area (Å²) in [4.78, 5) is 22.7. The Bertz CT molecular complexity index is 580. The van der Waals surface area contributed by atoms with Crippen LogP contribution in [0.2, 0.25) is 0 Å². The van der Waals surface area contributed by atoms with E-state index in [0.717, 1.165) is 19.0 Å². The molecule has 0 bridgehead atoms. The minimum atomic E-state index is -0.0917. The van der Waals surface area contributed by atoms with E-state index in [1.807, 2.05) is 7.05 Å². The smallest absolute Gasteiger partial charge is 0.252 e. The number of rotatable bonds is 4. The quantitative estimate of drug-likeness (QED) is 0.501. The molecule has 0 radical (unpaired) electrons. The second-order valence-electron chi connectivity index (χ2n) is 6.85. The van der Waals surface area contributed by atoms with Gasteiger partial charge in [-0.15, -0.1) is 0 Å². The molecule has 6 nitrogen and oxygen atoms in total. The van der Waals surface area contributed by atoms with Gasteiger partial charge < -0.3 is 15.5 Å². The lowest BCUT2D eigenvalue weighted by Gasteiger charge is -2.26. The predicted octanol–water partition coefficient (Wildman–Crippen LogP) is 1.65. The van der Waals surface area contributed by atoms with Crippen molar-refractivity contribution in [2.75, 3.05) is 33.2 Å². The molecule has 1 saturated carbocycles. The van der Waals surface area contributed by atoms with Crippen molar-refractivity contribution in [3.8, 4) is 0 Å². The van der Waals surface area contributed by atoms with E-state index in [2.05, 4.69) is 25.5 Å². The number of pyridine rings is 1. The molecule has 130 valence electrons. The molecular weight excluding hydrogens is 302 g/mol. The molecule has 2 aliphatic rings. The number of guanidine groups is 1. The minimum Gasteiger partial charge on any atom is -0.354 e.